The molecule has 0 heterocycles. The second-order valence-electron chi connectivity index (χ2n) is 4.59. The van der Waals surface area contributed by atoms with Crippen LogP contribution < -0.4 is 11.1 Å². The van der Waals surface area contributed by atoms with Crippen molar-refractivity contribution in [3.05, 3.63) is 29.3 Å². The van der Waals surface area contributed by atoms with E-state index in [1.54, 1.807) is 0 Å². The van der Waals surface area contributed by atoms with Crippen molar-refractivity contribution >= 4 is 5.69 Å². The molecule has 1 rings (SSSR count). The SMILES string of the molecule is CCCCC(N)CNc1cc(CO)ccc1C. The molecule has 0 aromatic heterocycles. The third kappa shape index (κ3) is 4.75. The average Bonchev–Trinajstić information content (AvgIpc) is 2.35. The molecule has 1 aromatic carbocycles. The van der Waals surface area contributed by atoms with Gasteiger partial charge in [-0.2, -0.15) is 0 Å². The standard InChI is InChI=1S/C14H24N2O/c1-3-4-5-13(15)9-16-14-8-12(10-17)7-6-11(14)2/h6-8,13,16-17H,3-5,9-10,15H2,1-2H3. The maximum absolute atomic E-state index is 9.09. The molecule has 0 fully saturated rings. The molecule has 96 valence electrons. The minimum absolute atomic E-state index is 0.0802. The molecular weight excluding hydrogens is 212 g/mol. The summed E-state index contributed by atoms with van der Waals surface area (Å²) in [6.45, 7) is 5.10. The Balaban J connectivity index is 2.50. The van der Waals surface area contributed by atoms with E-state index in [9.17, 15) is 0 Å². The van der Waals surface area contributed by atoms with Crippen molar-refractivity contribution in [2.45, 2.75) is 45.8 Å². The van der Waals surface area contributed by atoms with Crippen LogP contribution in [0.3, 0.4) is 0 Å². The molecule has 0 spiro atoms. The van der Waals surface area contributed by atoms with Crippen LogP contribution in [0, 0.1) is 6.92 Å². The number of aryl methyl sites for hydroxylation is 1. The number of nitrogens with two attached hydrogens (primary N) is 1. The molecule has 0 aliphatic carbocycles. The van der Waals surface area contributed by atoms with E-state index in [-0.39, 0.29) is 12.6 Å². The molecule has 0 aliphatic rings. The van der Waals surface area contributed by atoms with Crippen LogP contribution in [0.2, 0.25) is 0 Å². The highest BCUT2D eigenvalue weighted by molar-refractivity contribution is 5.52. The second-order valence-corrected chi connectivity index (χ2v) is 4.59. The number of aliphatic hydroxyl groups is 1. The molecule has 3 nitrogen and oxygen atoms in total. The summed E-state index contributed by atoms with van der Waals surface area (Å²) >= 11 is 0. The molecule has 4 N–H and O–H groups in total. The maximum Gasteiger partial charge on any atom is 0.0682 e. The van der Waals surface area contributed by atoms with Gasteiger partial charge in [-0.3, -0.25) is 0 Å². The van der Waals surface area contributed by atoms with E-state index in [0.29, 0.717) is 0 Å². The summed E-state index contributed by atoms with van der Waals surface area (Å²) in [5.41, 5.74) is 9.20. The zero-order chi connectivity index (χ0) is 12.7. The van der Waals surface area contributed by atoms with Crippen LogP contribution in [-0.2, 0) is 6.61 Å². The van der Waals surface area contributed by atoms with Gasteiger partial charge in [-0.05, 0) is 30.5 Å². The highest BCUT2D eigenvalue weighted by Crippen LogP contribution is 2.17. The predicted octanol–water partition coefficient (Wildman–Crippen LogP) is 2.42. The molecule has 0 saturated heterocycles. The van der Waals surface area contributed by atoms with Gasteiger partial charge in [0, 0.05) is 18.3 Å². The topological polar surface area (TPSA) is 58.3 Å². The van der Waals surface area contributed by atoms with Crippen LogP contribution in [0.1, 0.15) is 37.3 Å². The van der Waals surface area contributed by atoms with Gasteiger partial charge in [-0.25, -0.2) is 0 Å². The molecule has 17 heavy (non-hydrogen) atoms. The Morgan fingerprint density at radius 1 is 1.41 bits per heavy atom. The third-order valence-corrected chi connectivity index (χ3v) is 2.97. The second kappa shape index (κ2) is 7.30. The number of unbranched alkanes of at least 4 members (excludes halogenated alkanes) is 1. The van der Waals surface area contributed by atoms with Gasteiger partial charge in [0.15, 0.2) is 0 Å². The van der Waals surface area contributed by atoms with E-state index >= 15 is 0 Å². The average molecular weight is 236 g/mol. The van der Waals surface area contributed by atoms with Crippen molar-refractivity contribution in [2.24, 2.45) is 5.73 Å². The minimum Gasteiger partial charge on any atom is -0.392 e. The van der Waals surface area contributed by atoms with Gasteiger partial charge in [-0.1, -0.05) is 31.9 Å². The van der Waals surface area contributed by atoms with Gasteiger partial charge in [-0.15, -0.1) is 0 Å². The smallest absolute Gasteiger partial charge is 0.0682 e. The van der Waals surface area contributed by atoms with Crippen LogP contribution in [0.5, 0.6) is 0 Å². The first-order valence-electron chi connectivity index (χ1n) is 6.37. The van der Waals surface area contributed by atoms with Crippen molar-refractivity contribution in [1.82, 2.24) is 0 Å². The molecule has 1 atom stereocenters. The summed E-state index contributed by atoms with van der Waals surface area (Å²) in [6, 6.07) is 6.15. The Labute approximate surface area is 104 Å². The van der Waals surface area contributed by atoms with Gasteiger partial charge < -0.3 is 16.2 Å². The van der Waals surface area contributed by atoms with E-state index in [4.69, 9.17) is 10.8 Å². The van der Waals surface area contributed by atoms with E-state index in [1.165, 1.54) is 18.4 Å². The largest absolute Gasteiger partial charge is 0.392 e. The lowest BCUT2D eigenvalue weighted by molar-refractivity contribution is 0.282. The van der Waals surface area contributed by atoms with Crippen LogP contribution in [0.25, 0.3) is 0 Å². The molecule has 1 aromatic rings. The van der Waals surface area contributed by atoms with Crippen molar-refractivity contribution in [3.63, 3.8) is 0 Å². The molecular formula is C14H24N2O. The van der Waals surface area contributed by atoms with E-state index in [2.05, 4.69) is 19.2 Å². The third-order valence-electron chi connectivity index (χ3n) is 2.97. The summed E-state index contributed by atoms with van der Waals surface area (Å²) in [5.74, 6) is 0. The fourth-order valence-electron chi connectivity index (χ4n) is 1.77. The Morgan fingerprint density at radius 2 is 2.18 bits per heavy atom. The summed E-state index contributed by atoms with van der Waals surface area (Å²) < 4.78 is 0. The van der Waals surface area contributed by atoms with E-state index in [1.807, 2.05) is 18.2 Å². The van der Waals surface area contributed by atoms with Gasteiger partial charge in [0.25, 0.3) is 0 Å². The lowest BCUT2D eigenvalue weighted by atomic mass is 10.1. The Morgan fingerprint density at radius 3 is 2.82 bits per heavy atom. The molecule has 3 heteroatoms. The highest BCUT2D eigenvalue weighted by atomic mass is 16.3. The Bertz CT molecular complexity index is 339. The van der Waals surface area contributed by atoms with Gasteiger partial charge in [0.05, 0.1) is 6.61 Å². The normalized spacial score (nSPS) is 12.5. The summed E-state index contributed by atoms with van der Waals surface area (Å²) in [5, 5.41) is 12.5. The molecule has 0 bridgehead atoms. The van der Waals surface area contributed by atoms with Crippen molar-refractivity contribution in [3.8, 4) is 0 Å². The van der Waals surface area contributed by atoms with Gasteiger partial charge >= 0.3 is 0 Å². The number of benzene rings is 1. The number of nitrogens with one attached hydrogen (secondary N) is 1. The first-order chi connectivity index (χ1) is 8.17. The first kappa shape index (κ1) is 14.0. The molecule has 0 aliphatic heterocycles. The lowest BCUT2D eigenvalue weighted by Gasteiger charge is -2.15. The minimum atomic E-state index is 0.0802. The summed E-state index contributed by atoms with van der Waals surface area (Å²) in [7, 11) is 0. The number of hydrogen-bond donors (Lipinski definition) is 3. The van der Waals surface area contributed by atoms with Gasteiger partial charge in [0.1, 0.15) is 0 Å². The summed E-state index contributed by atoms with van der Waals surface area (Å²) in [6.07, 6.45) is 3.42. The Kier molecular flexibility index (Phi) is 6.01. The maximum atomic E-state index is 9.09. The van der Waals surface area contributed by atoms with Crippen LogP contribution >= 0.6 is 0 Å². The number of aliphatic hydroxyl groups excluding tert-OH is 1. The van der Waals surface area contributed by atoms with E-state index < -0.39 is 0 Å². The number of hydrogen-bond acceptors (Lipinski definition) is 3. The first-order valence-corrected chi connectivity index (χ1v) is 6.37. The van der Waals surface area contributed by atoms with Gasteiger partial charge in [0.2, 0.25) is 0 Å². The molecule has 1 unspecified atom stereocenters. The zero-order valence-corrected chi connectivity index (χ0v) is 10.9. The van der Waals surface area contributed by atoms with Crippen LogP contribution in [0.15, 0.2) is 18.2 Å². The highest BCUT2D eigenvalue weighted by Gasteiger charge is 2.04. The fraction of sp³-hybridized carbons (Fsp3) is 0.571. The fourth-order valence-corrected chi connectivity index (χ4v) is 1.77. The van der Waals surface area contributed by atoms with Crippen molar-refractivity contribution < 1.29 is 5.11 Å². The quantitative estimate of drug-likeness (QED) is 0.681. The van der Waals surface area contributed by atoms with Crippen molar-refractivity contribution in [1.29, 1.82) is 0 Å². The number of anilines is 1. The zero-order valence-electron chi connectivity index (χ0n) is 10.9. The number of rotatable bonds is 7. The lowest BCUT2D eigenvalue weighted by Crippen LogP contribution is -2.29. The van der Waals surface area contributed by atoms with E-state index in [0.717, 1.165) is 24.2 Å². The van der Waals surface area contributed by atoms with Crippen LogP contribution in [-0.4, -0.2) is 17.7 Å². The predicted molar refractivity (Wildman–Crippen MR) is 73.1 cm³/mol. The van der Waals surface area contributed by atoms with Crippen molar-refractivity contribution in [2.75, 3.05) is 11.9 Å². The molecule has 0 saturated carbocycles. The summed E-state index contributed by atoms with van der Waals surface area (Å²) in [4.78, 5) is 0. The monoisotopic (exact) mass is 236 g/mol. The Hall–Kier alpha value is -1.06. The molecule has 0 amide bonds. The van der Waals surface area contributed by atoms with Crippen LogP contribution in [0.4, 0.5) is 5.69 Å². The molecule has 0 radical (unpaired) electrons.